The summed E-state index contributed by atoms with van der Waals surface area (Å²) in [6, 6.07) is 15.4. The molecule has 0 N–H and O–H groups in total. The van der Waals surface area contributed by atoms with E-state index in [4.69, 9.17) is 4.74 Å². The average Bonchev–Trinajstić information content (AvgIpc) is 2.93. The van der Waals surface area contributed by atoms with Gasteiger partial charge in [0.05, 0.1) is 23.1 Å². The van der Waals surface area contributed by atoms with E-state index in [0.29, 0.717) is 17.2 Å². The molecule has 2 aliphatic rings. The normalized spacial score (nSPS) is 24.6. The molecular formula is C22H21NO4. The molecule has 0 spiro atoms. The fourth-order valence-electron chi connectivity index (χ4n) is 4.09. The van der Waals surface area contributed by atoms with Gasteiger partial charge in [-0.3, -0.25) is 9.59 Å². The van der Waals surface area contributed by atoms with Gasteiger partial charge in [0.15, 0.2) is 5.75 Å². The van der Waals surface area contributed by atoms with Crippen LogP contribution in [0.25, 0.3) is 0 Å². The molecule has 1 heterocycles. The number of ether oxygens (including phenoxy) is 1. The molecule has 1 saturated heterocycles. The minimum Gasteiger partial charge on any atom is -0.421 e. The van der Waals surface area contributed by atoms with Crippen LogP contribution >= 0.6 is 0 Å². The largest absolute Gasteiger partial charge is 0.421 e. The second-order valence-electron chi connectivity index (χ2n) is 7.37. The van der Waals surface area contributed by atoms with Crippen molar-refractivity contribution in [2.24, 2.45) is 17.8 Å². The van der Waals surface area contributed by atoms with Gasteiger partial charge in [-0.1, -0.05) is 37.3 Å². The summed E-state index contributed by atoms with van der Waals surface area (Å²) in [7, 11) is 0. The van der Waals surface area contributed by atoms with Crippen molar-refractivity contribution in [3.8, 4) is 5.75 Å². The summed E-state index contributed by atoms with van der Waals surface area (Å²) in [5.74, 6) is -0.743. The molecule has 0 bridgehead atoms. The zero-order valence-electron chi connectivity index (χ0n) is 15.1. The quantitative estimate of drug-likeness (QED) is 0.472. The highest BCUT2D eigenvalue weighted by atomic mass is 16.5. The molecule has 4 rings (SSSR count). The first-order chi connectivity index (χ1) is 13.1. The number of carbonyl (C=O) groups is 3. The highest BCUT2D eigenvalue weighted by Gasteiger charge is 2.50. The Morgan fingerprint density at radius 3 is 2.37 bits per heavy atom. The van der Waals surface area contributed by atoms with Crippen LogP contribution in [0.2, 0.25) is 0 Å². The monoisotopic (exact) mass is 363 g/mol. The minimum atomic E-state index is -0.520. The number of benzene rings is 2. The first kappa shape index (κ1) is 17.5. The van der Waals surface area contributed by atoms with E-state index in [9.17, 15) is 14.4 Å². The van der Waals surface area contributed by atoms with E-state index in [1.807, 2.05) is 6.07 Å². The molecule has 27 heavy (non-hydrogen) atoms. The van der Waals surface area contributed by atoms with Crippen molar-refractivity contribution < 1.29 is 19.1 Å². The van der Waals surface area contributed by atoms with Crippen molar-refractivity contribution in [3.05, 3.63) is 60.2 Å². The highest BCUT2D eigenvalue weighted by Crippen LogP contribution is 2.44. The summed E-state index contributed by atoms with van der Waals surface area (Å²) < 4.78 is 5.53. The number of hydrogen-bond donors (Lipinski definition) is 0. The van der Waals surface area contributed by atoms with Gasteiger partial charge in [-0.2, -0.15) is 0 Å². The number of esters is 1. The Labute approximate surface area is 157 Å². The molecule has 2 fully saturated rings. The zero-order valence-corrected chi connectivity index (χ0v) is 15.1. The van der Waals surface area contributed by atoms with E-state index in [1.54, 1.807) is 48.5 Å². The van der Waals surface area contributed by atoms with Gasteiger partial charge in [0, 0.05) is 0 Å². The second kappa shape index (κ2) is 6.99. The van der Waals surface area contributed by atoms with E-state index >= 15 is 0 Å². The number of fused-ring (bicyclic) bond motifs is 1. The van der Waals surface area contributed by atoms with Crippen molar-refractivity contribution in [2.75, 3.05) is 4.90 Å². The van der Waals surface area contributed by atoms with E-state index in [0.717, 1.165) is 19.3 Å². The number of para-hydroxylation sites is 2. The molecule has 5 nitrogen and oxygen atoms in total. The zero-order chi connectivity index (χ0) is 19.0. The summed E-state index contributed by atoms with van der Waals surface area (Å²) in [5.41, 5.74) is 0.757. The first-order valence-corrected chi connectivity index (χ1v) is 9.30. The Kier molecular flexibility index (Phi) is 4.52. The van der Waals surface area contributed by atoms with Gasteiger partial charge >= 0.3 is 5.97 Å². The fraction of sp³-hybridized carbons (Fsp3) is 0.318. The third-order valence-electron chi connectivity index (χ3n) is 5.51. The summed E-state index contributed by atoms with van der Waals surface area (Å²) >= 11 is 0. The maximum absolute atomic E-state index is 13.0. The maximum Gasteiger partial charge on any atom is 0.343 e. The third kappa shape index (κ3) is 3.14. The molecule has 0 aromatic heterocycles. The molecule has 1 aliphatic heterocycles. The van der Waals surface area contributed by atoms with Crippen molar-refractivity contribution in [1.82, 2.24) is 0 Å². The van der Waals surface area contributed by atoms with Crippen LogP contribution in [-0.4, -0.2) is 17.8 Å². The number of amides is 2. The standard InChI is InChI=1S/C22H21NO4/c1-14-11-12-16-17(13-14)21(25)23(20(16)24)18-9-5-6-10-19(18)27-22(26)15-7-3-2-4-8-15/h2-10,14,16-17H,11-13H2,1H3/t14-,16+,17-/m1/s1. The Balaban J connectivity index is 1.64. The lowest BCUT2D eigenvalue weighted by molar-refractivity contribution is -0.122. The molecule has 2 aromatic carbocycles. The summed E-state index contributed by atoms with van der Waals surface area (Å²) in [4.78, 5) is 39.5. The first-order valence-electron chi connectivity index (χ1n) is 9.30. The number of imide groups is 1. The highest BCUT2D eigenvalue weighted by molar-refractivity contribution is 6.22. The van der Waals surface area contributed by atoms with E-state index in [1.165, 1.54) is 4.90 Å². The molecule has 0 unspecified atom stereocenters. The fourth-order valence-corrected chi connectivity index (χ4v) is 4.09. The molecule has 1 aliphatic carbocycles. The molecule has 3 atom stereocenters. The van der Waals surface area contributed by atoms with Crippen molar-refractivity contribution in [1.29, 1.82) is 0 Å². The number of rotatable bonds is 3. The van der Waals surface area contributed by atoms with Crippen LogP contribution < -0.4 is 9.64 Å². The van der Waals surface area contributed by atoms with Gasteiger partial charge in [0.1, 0.15) is 0 Å². The van der Waals surface area contributed by atoms with Crippen LogP contribution in [0.5, 0.6) is 5.75 Å². The van der Waals surface area contributed by atoms with E-state index in [-0.39, 0.29) is 29.4 Å². The predicted octanol–water partition coefficient (Wildman–Crippen LogP) is 3.83. The van der Waals surface area contributed by atoms with Crippen LogP contribution in [0.3, 0.4) is 0 Å². The molecule has 138 valence electrons. The van der Waals surface area contributed by atoms with Crippen LogP contribution in [-0.2, 0) is 9.59 Å². The van der Waals surface area contributed by atoms with Crippen molar-refractivity contribution >= 4 is 23.5 Å². The van der Waals surface area contributed by atoms with Gasteiger partial charge < -0.3 is 4.74 Å². The topological polar surface area (TPSA) is 63.7 Å². The Hall–Kier alpha value is -2.95. The lowest BCUT2D eigenvalue weighted by atomic mass is 9.76. The Morgan fingerprint density at radius 2 is 1.59 bits per heavy atom. The summed E-state index contributed by atoms with van der Waals surface area (Å²) in [6.45, 7) is 2.12. The third-order valence-corrected chi connectivity index (χ3v) is 5.51. The van der Waals surface area contributed by atoms with Crippen molar-refractivity contribution in [3.63, 3.8) is 0 Å². The van der Waals surface area contributed by atoms with Gasteiger partial charge in [-0.15, -0.1) is 0 Å². The molecule has 5 heteroatoms. The van der Waals surface area contributed by atoms with E-state index in [2.05, 4.69) is 6.92 Å². The van der Waals surface area contributed by atoms with E-state index < -0.39 is 5.97 Å². The second-order valence-corrected chi connectivity index (χ2v) is 7.37. The number of anilines is 1. The minimum absolute atomic E-state index is 0.180. The van der Waals surface area contributed by atoms with Gasteiger partial charge in [-0.05, 0) is 49.4 Å². The summed E-state index contributed by atoms with van der Waals surface area (Å²) in [6.07, 6.45) is 2.43. The van der Waals surface area contributed by atoms with Crippen LogP contribution in [0, 0.1) is 17.8 Å². The average molecular weight is 363 g/mol. The van der Waals surface area contributed by atoms with Crippen molar-refractivity contribution in [2.45, 2.75) is 26.2 Å². The molecule has 0 radical (unpaired) electrons. The number of carbonyl (C=O) groups excluding carboxylic acids is 3. The molecule has 1 saturated carbocycles. The van der Waals surface area contributed by atoms with Gasteiger partial charge in [0.2, 0.25) is 11.8 Å². The van der Waals surface area contributed by atoms with Gasteiger partial charge in [-0.25, -0.2) is 9.69 Å². The number of hydrogen-bond acceptors (Lipinski definition) is 4. The van der Waals surface area contributed by atoms with Crippen LogP contribution in [0.4, 0.5) is 5.69 Å². The molecule has 2 amide bonds. The van der Waals surface area contributed by atoms with Gasteiger partial charge in [0.25, 0.3) is 0 Å². The van der Waals surface area contributed by atoms with Crippen LogP contribution in [0.15, 0.2) is 54.6 Å². The van der Waals surface area contributed by atoms with Crippen LogP contribution in [0.1, 0.15) is 36.5 Å². The number of nitrogens with zero attached hydrogens (tertiary/aromatic N) is 1. The Bertz CT molecular complexity index is 892. The lowest BCUT2D eigenvalue weighted by Crippen LogP contribution is -2.31. The predicted molar refractivity (Wildman–Crippen MR) is 100 cm³/mol. The Morgan fingerprint density at radius 1 is 0.926 bits per heavy atom. The molecular weight excluding hydrogens is 342 g/mol. The molecule has 2 aromatic rings. The lowest BCUT2D eigenvalue weighted by Gasteiger charge is -2.25. The summed E-state index contributed by atoms with van der Waals surface area (Å²) in [5, 5.41) is 0. The SMILES string of the molecule is C[C@@H]1CC[C@@H]2C(=O)N(c3ccccc3OC(=O)c3ccccc3)C(=O)[C@@H]2C1. The maximum atomic E-state index is 13.0. The smallest absolute Gasteiger partial charge is 0.343 e.